The number of benzene rings is 2. The Morgan fingerprint density at radius 2 is 1.76 bits per heavy atom. The molecule has 6 nitrogen and oxygen atoms in total. The topological polar surface area (TPSA) is 73.3 Å². The van der Waals surface area contributed by atoms with Crippen molar-refractivity contribution < 1.29 is 18.7 Å². The molecule has 7 heteroatoms. The molecule has 2 aromatic carbocycles. The summed E-state index contributed by atoms with van der Waals surface area (Å²) in [6.45, 7) is 0. The molecule has 1 heterocycles. The van der Waals surface area contributed by atoms with Crippen LogP contribution in [0, 0.1) is 5.82 Å². The fourth-order valence-corrected chi connectivity index (χ4v) is 2.03. The van der Waals surface area contributed by atoms with Gasteiger partial charge < -0.3 is 14.8 Å². The summed E-state index contributed by atoms with van der Waals surface area (Å²) >= 11 is 0. The van der Waals surface area contributed by atoms with Gasteiger partial charge in [-0.2, -0.15) is 0 Å². The number of hydrogen-bond donors (Lipinski definition) is 1. The number of methoxy groups -OCH3 is 1. The van der Waals surface area contributed by atoms with Crippen LogP contribution in [0.4, 0.5) is 10.1 Å². The molecule has 1 N–H and O–H groups in total. The van der Waals surface area contributed by atoms with E-state index in [1.807, 2.05) is 0 Å². The van der Waals surface area contributed by atoms with E-state index in [4.69, 9.17) is 9.47 Å². The maximum Gasteiger partial charge on any atom is 0.316 e. The van der Waals surface area contributed by atoms with E-state index in [0.29, 0.717) is 22.7 Å². The summed E-state index contributed by atoms with van der Waals surface area (Å²) in [7, 11) is 1.46. The number of hydrogen-bond acceptors (Lipinski definition) is 5. The Kier molecular flexibility index (Phi) is 4.84. The van der Waals surface area contributed by atoms with Crippen molar-refractivity contribution in [2.45, 2.75) is 0 Å². The molecule has 0 aliphatic carbocycles. The van der Waals surface area contributed by atoms with Crippen molar-refractivity contribution in [3.63, 3.8) is 0 Å². The van der Waals surface area contributed by atoms with Crippen molar-refractivity contribution in [3.05, 3.63) is 72.3 Å². The van der Waals surface area contributed by atoms with Gasteiger partial charge >= 0.3 is 6.01 Å². The van der Waals surface area contributed by atoms with E-state index in [-0.39, 0.29) is 17.7 Å². The highest BCUT2D eigenvalue weighted by Gasteiger charge is 2.09. The Balaban J connectivity index is 1.71. The lowest BCUT2D eigenvalue weighted by molar-refractivity contribution is 0.102. The first-order valence-corrected chi connectivity index (χ1v) is 7.35. The highest BCUT2D eigenvalue weighted by Crippen LogP contribution is 2.23. The smallest absolute Gasteiger partial charge is 0.316 e. The first kappa shape index (κ1) is 16.4. The van der Waals surface area contributed by atoms with Gasteiger partial charge in [0.15, 0.2) is 0 Å². The first-order chi connectivity index (χ1) is 12.1. The highest BCUT2D eigenvalue weighted by molar-refractivity contribution is 6.04. The molecule has 0 unspecified atom stereocenters. The average molecular weight is 339 g/mol. The minimum atomic E-state index is -0.345. The van der Waals surface area contributed by atoms with Gasteiger partial charge in [0.1, 0.15) is 17.3 Å². The average Bonchev–Trinajstić information content (AvgIpc) is 2.64. The van der Waals surface area contributed by atoms with Crippen molar-refractivity contribution in [1.82, 2.24) is 9.97 Å². The van der Waals surface area contributed by atoms with Crippen LogP contribution in [0.5, 0.6) is 17.5 Å². The molecule has 0 fully saturated rings. The molecule has 25 heavy (non-hydrogen) atoms. The van der Waals surface area contributed by atoms with Gasteiger partial charge in [-0.25, -0.2) is 14.4 Å². The van der Waals surface area contributed by atoms with Gasteiger partial charge in [-0.3, -0.25) is 4.79 Å². The molecule has 1 aromatic heterocycles. The van der Waals surface area contributed by atoms with Crippen LogP contribution in [0.2, 0.25) is 0 Å². The Morgan fingerprint density at radius 3 is 2.44 bits per heavy atom. The minimum absolute atomic E-state index is 0.215. The van der Waals surface area contributed by atoms with Crippen LogP contribution in [0.15, 0.2) is 60.9 Å². The van der Waals surface area contributed by atoms with E-state index in [9.17, 15) is 9.18 Å². The predicted octanol–water partition coefficient (Wildman–Crippen LogP) is 3.67. The Morgan fingerprint density at radius 1 is 1.04 bits per heavy atom. The van der Waals surface area contributed by atoms with Crippen molar-refractivity contribution in [2.24, 2.45) is 0 Å². The van der Waals surface area contributed by atoms with Crippen LogP contribution in [0.25, 0.3) is 0 Å². The van der Waals surface area contributed by atoms with Crippen LogP contribution in [-0.2, 0) is 0 Å². The summed E-state index contributed by atoms with van der Waals surface area (Å²) in [6, 6.07) is 12.5. The zero-order chi connectivity index (χ0) is 17.6. The normalized spacial score (nSPS) is 10.2. The number of rotatable bonds is 5. The highest BCUT2D eigenvalue weighted by atomic mass is 19.1. The molecule has 0 atom stereocenters. The molecule has 0 saturated carbocycles. The summed E-state index contributed by atoms with van der Waals surface area (Å²) in [5.41, 5.74) is 0.839. The van der Waals surface area contributed by atoms with Crippen molar-refractivity contribution >= 4 is 11.6 Å². The molecular weight excluding hydrogens is 325 g/mol. The molecule has 3 aromatic rings. The molecule has 1 amide bonds. The lowest BCUT2D eigenvalue weighted by Gasteiger charge is -2.08. The SMILES string of the molecule is COc1ncc(NC(=O)c2cccc(Oc3ccc(F)cc3)c2)cn1. The van der Waals surface area contributed by atoms with Crippen LogP contribution in [-0.4, -0.2) is 23.0 Å². The molecule has 3 rings (SSSR count). The first-order valence-electron chi connectivity index (χ1n) is 7.35. The van der Waals surface area contributed by atoms with Gasteiger partial charge in [-0.1, -0.05) is 6.07 Å². The van der Waals surface area contributed by atoms with E-state index in [1.54, 1.807) is 24.3 Å². The fraction of sp³-hybridized carbons (Fsp3) is 0.0556. The summed E-state index contributed by atoms with van der Waals surface area (Å²) in [4.78, 5) is 20.2. The van der Waals surface area contributed by atoms with E-state index < -0.39 is 0 Å². The number of nitrogens with zero attached hydrogens (tertiary/aromatic N) is 2. The number of carbonyl (C=O) groups is 1. The Bertz CT molecular complexity index is 867. The van der Waals surface area contributed by atoms with Crippen LogP contribution in [0.1, 0.15) is 10.4 Å². The number of aromatic nitrogens is 2. The number of ether oxygens (including phenoxy) is 2. The summed E-state index contributed by atoms with van der Waals surface area (Å²) < 4.78 is 23.4. The Hall–Kier alpha value is -3.48. The lowest BCUT2D eigenvalue weighted by Crippen LogP contribution is -2.12. The van der Waals surface area contributed by atoms with Gasteiger partial charge in [-0.15, -0.1) is 0 Å². The third kappa shape index (κ3) is 4.29. The predicted molar refractivity (Wildman–Crippen MR) is 89.5 cm³/mol. The number of halogens is 1. The Labute approximate surface area is 143 Å². The summed E-state index contributed by atoms with van der Waals surface area (Å²) in [5, 5.41) is 2.68. The molecular formula is C18H14FN3O3. The molecule has 0 bridgehead atoms. The van der Waals surface area contributed by atoms with Crippen LogP contribution in [0.3, 0.4) is 0 Å². The van der Waals surface area contributed by atoms with E-state index in [0.717, 1.165) is 0 Å². The standard InChI is InChI=1S/C18H14FN3O3/c1-24-18-20-10-14(11-21-18)22-17(23)12-3-2-4-16(9-12)25-15-7-5-13(19)6-8-15/h2-11H,1H3,(H,22,23). The fourth-order valence-electron chi connectivity index (χ4n) is 2.03. The summed E-state index contributed by atoms with van der Waals surface area (Å²) in [5.74, 6) is 0.258. The van der Waals surface area contributed by atoms with Gasteiger partial charge in [0.2, 0.25) is 0 Å². The number of carbonyl (C=O) groups excluding carboxylic acids is 1. The second-order valence-electron chi connectivity index (χ2n) is 5.00. The van der Waals surface area contributed by atoms with Crippen molar-refractivity contribution in [3.8, 4) is 17.5 Å². The van der Waals surface area contributed by atoms with Gasteiger partial charge in [-0.05, 0) is 42.5 Å². The molecule has 0 radical (unpaired) electrons. The third-order valence-electron chi connectivity index (χ3n) is 3.21. The molecule has 0 aliphatic heterocycles. The summed E-state index contributed by atoms with van der Waals surface area (Å²) in [6.07, 6.45) is 2.89. The van der Waals surface area contributed by atoms with Crippen molar-refractivity contribution in [1.29, 1.82) is 0 Å². The minimum Gasteiger partial charge on any atom is -0.467 e. The lowest BCUT2D eigenvalue weighted by atomic mass is 10.2. The van der Waals surface area contributed by atoms with Gasteiger partial charge in [0.05, 0.1) is 25.2 Å². The van der Waals surface area contributed by atoms with Gasteiger partial charge in [0.25, 0.3) is 5.91 Å². The molecule has 0 saturated heterocycles. The van der Waals surface area contributed by atoms with Gasteiger partial charge in [0, 0.05) is 5.56 Å². The maximum atomic E-state index is 12.9. The quantitative estimate of drug-likeness (QED) is 0.768. The molecule has 0 spiro atoms. The van der Waals surface area contributed by atoms with E-state index in [2.05, 4.69) is 15.3 Å². The molecule has 126 valence electrons. The monoisotopic (exact) mass is 339 g/mol. The molecule has 0 aliphatic rings. The largest absolute Gasteiger partial charge is 0.467 e. The van der Waals surface area contributed by atoms with Crippen LogP contribution >= 0.6 is 0 Å². The van der Waals surface area contributed by atoms with E-state index >= 15 is 0 Å². The number of amides is 1. The van der Waals surface area contributed by atoms with Crippen LogP contribution < -0.4 is 14.8 Å². The zero-order valence-corrected chi connectivity index (χ0v) is 13.3. The number of anilines is 1. The second-order valence-corrected chi connectivity index (χ2v) is 5.00. The van der Waals surface area contributed by atoms with Crippen molar-refractivity contribution in [2.75, 3.05) is 12.4 Å². The maximum absolute atomic E-state index is 12.9. The second kappa shape index (κ2) is 7.39. The zero-order valence-electron chi connectivity index (χ0n) is 13.3. The third-order valence-corrected chi connectivity index (χ3v) is 3.21. The number of nitrogens with one attached hydrogen (secondary N) is 1. The van der Waals surface area contributed by atoms with E-state index in [1.165, 1.54) is 43.8 Å².